The minimum atomic E-state index is -0.631. The lowest BCUT2D eigenvalue weighted by molar-refractivity contribution is -0.139. The van der Waals surface area contributed by atoms with Gasteiger partial charge >= 0.3 is 5.97 Å². The molecule has 4 heteroatoms. The number of esters is 1. The van der Waals surface area contributed by atoms with E-state index in [2.05, 4.69) is 4.98 Å². The number of benzene rings is 1. The van der Waals surface area contributed by atoms with E-state index in [4.69, 9.17) is 10.00 Å². The van der Waals surface area contributed by atoms with Gasteiger partial charge in [0.2, 0.25) is 0 Å². The van der Waals surface area contributed by atoms with Crippen LogP contribution in [0.2, 0.25) is 0 Å². The Morgan fingerprint density at radius 3 is 2.55 bits per heavy atom. The number of nitriles is 1. The minimum absolute atomic E-state index is 0.0351. The molecule has 0 aliphatic heterocycles. The van der Waals surface area contributed by atoms with E-state index >= 15 is 0 Å². The van der Waals surface area contributed by atoms with E-state index in [1.165, 1.54) is 6.08 Å². The van der Waals surface area contributed by atoms with Crippen molar-refractivity contribution in [1.29, 1.82) is 5.26 Å². The number of rotatable bonds is 4. The molecule has 0 saturated heterocycles. The van der Waals surface area contributed by atoms with Gasteiger partial charge in [-0.05, 0) is 29.3 Å². The standard InChI is InChI=1S/C16H12N2O2/c17-11-15(10-13-6-8-18-9-7-13)16(19)20-12-14-4-2-1-3-5-14/h1-10H,12H2/b15-10+. The van der Waals surface area contributed by atoms with Gasteiger partial charge in [0.1, 0.15) is 18.2 Å². The third-order valence-corrected chi connectivity index (χ3v) is 2.57. The molecule has 0 aliphatic carbocycles. The summed E-state index contributed by atoms with van der Waals surface area (Å²) in [6.45, 7) is 0.148. The van der Waals surface area contributed by atoms with Crippen molar-refractivity contribution in [3.8, 4) is 6.07 Å². The summed E-state index contributed by atoms with van der Waals surface area (Å²) in [7, 11) is 0. The van der Waals surface area contributed by atoms with Gasteiger partial charge in [0.15, 0.2) is 0 Å². The molecular weight excluding hydrogens is 252 g/mol. The highest BCUT2D eigenvalue weighted by molar-refractivity contribution is 5.97. The Balaban J connectivity index is 2.03. The highest BCUT2D eigenvalue weighted by Crippen LogP contribution is 2.08. The Morgan fingerprint density at radius 2 is 1.90 bits per heavy atom. The topological polar surface area (TPSA) is 63.0 Å². The molecule has 1 aromatic heterocycles. The number of hydrogen-bond acceptors (Lipinski definition) is 4. The van der Waals surface area contributed by atoms with Crippen LogP contribution < -0.4 is 0 Å². The van der Waals surface area contributed by atoms with Crippen LogP contribution in [0.4, 0.5) is 0 Å². The molecule has 98 valence electrons. The monoisotopic (exact) mass is 264 g/mol. The molecule has 0 fully saturated rings. The first-order valence-electron chi connectivity index (χ1n) is 6.02. The Morgan fingerprint density at radius 1 is 1.20 bits per heavy atom. The quantitative estimate of drug-likeness (QED) is 0.484. The molecule has 20 heavy (non-hydrogen) atoms. The highest BCUT2D eigenvalue weighted by Gasteiger charge is 2.10. The molecule has 1 heterocycles. The van der Waals surface area contributed by atoms with Crippen LogP contribution in [0.15, 0.2) is 60.4 Å². The molecule has 0 aliphatic rings. The van der Waals surface area contributed by atoms with Crippen LogP contribution in [0.3, 0.4) is 0 Å². The van der Waals surface area contributed by atoms with Crippen LogP contribution in [0.25, 0.3) is 6.08 Å². The maximum Gasteiger partial charge on any atom is 0.349 e. The normalized spacial score (nSPS) is 10.7. The van der Waals surface area contributed by atoms with Gasteiger partial charge in [-0.15, -0.1) is 0 Å². The van der Waals surface area contributed by atoms with Crippen molar-refractivity contribution in [3.63, 3.8) is 0 Å². The molecule has 0 atom stereocenters. The van der Waals surface area contributed by atoms with E-state index in [9.17, 15) is 4.79 Å². The fraction of sp³-hybridized carbons (Fsp3) is 0.0625. The SMILES string of the molecule is N#C/C(=C\c1ccncc1)C(=O)OCc1ccccc1. The molecule has 0 unspecified atom stereocenters. The number of carbonyl (C=O) groups is 1. The largest absolute Gasteiger partial charge is 0.457 e. The Bertz CT molecular complexity index is 643. The predicted molar refractivity (Wildman–Crippen MR) is 74.1 cm³/mol. The second-order valence-electron chi connectivity index (χ2n) is 4.01. The van der Waals surface area contributed by atoms with Gasteiger partial charge in [0, 0.05) is 12.4 Å². The van der Waals surface area contributed by atoms with Crippen LogP contribution in [-0.2, 0) is 16.1 Å². The molecule has 0 bridgehead atoms. The number of aromatic nitrogens is 1. The summed E-state index contributed by atoms with van der Waals surface area (Å²) in [6, 6.07) is 14.6. The zero-order chi connectivity index (χ0) is 14.2. The van der Waals surface area contributed by atoms with Crippen LogP contribution in [0, 0.1) is 11.3 Å². The lowest BCUT2D eigenvalue weighted by atomic mass is 10.2. The molecule has 0 N–H and O–H groups in total. The van der Waals surface area contributed by atoms with Crippen LogP contribution >= 0.6 is 0 Å². The number of carbonyl (C=O) groups excluding carboxylic acids is 1. The third kappa shape index (κ3) is 3.79. The van der Waals surface area contributed by atoms with Crippen molar-refractivity contribution >= 4 is 12.0 Å². The maximum atomic E-state index is 11.8. The Kier molecular flexibility index (Phi) is 4.63. The van der Waals surface area contributed by atoms with Gasteiger partial charge in [-0.25, -0.2) is 4.79 Å². The Hall–Kier alpha value is -2.93. The highest BCUT2D eigenvalue weighted by atomic mass is 16.5. The van der Waals surface area contributed by atoms with E-state index in [-0.39, 0.29) is 12.2 Å². The summed E-state index contributed by atoms with van der Waals surface area (Å²) in [5.74, 6) is -0.631. The van der Waals surface area contributed by atoms with Crippen LogP contribution in [0.5, 0.6) is 0 Å². The van der Waals surface area contributed by atoms with Gasteiger partial charge in [-0.1, -0.05) is 30.3 Å². The smallest absolute Gasteiger partial charge is 0.349 e. The molecule has 1 aromatic carbocycles. The van der Waals surface area contributed by atoms with Crippen LogP contribution in [0.1, 0.15) is 11.1 Å². The summed E-state index contributed by atoms with van der Waals surface area (Å²) in [5.41, 5.74) is 1.57. The zero-order valence-corrected chi connectivity index (χ0v) is 10.7. The minimum Gasteiger partial charge on any atom is -0.457 e. The van der Waals surface area contributed by atoms with E-state index in [1.807, 2.05) is 36.4 Å². The Labute approximate surface area is 117 Å². The number of ether oxygens (including phenoxy) is 1. The van der Waals surface area contributed by atoms with E-state index in [0.29, 0.717) is 0 Å². The maximum absolute atomic E-state index is 11.8. The molecule has 0 radical (unpaired) electrons. The summed E-state index contributed by atoms with van der Waals surface area (Å²) in [6.07, 6.45) is 4.67. The number of hydrogen-bond donors (Lipinski definition) is 0. The van der Waals surface area contributed by atoms with Gasteiger partial charge in [-0.3, -0.25) is 4.98 Å². The van der Waals surface area contributed by atoms with E-state index in [0.717, 1.165) is 11.1 Å². The second-order valence-corrected chi connectivity index (χ2v) is 4.01. The van der Waals surface area contributed by atoms with Gasteiger partial charge in [0.25, 0.3) is 0 Å². The number of pyridine rings is 1. The molecule has 0 saturated carbocycles. The second kappa shape index (κ2) is 6.86. The van der Waals surface area contributed by atoms with E-state index in [1.54, 1.807) is 24.5 Å². The van der Waals surface area contributed by atoms with Crippen molar-refractivity contribution in [3.05, 3.63) is 71.6 Å². The first-order valence-corrected chi connectivity index (χ1v) is 6.02. The summed E-state index contributed by atoms with van der Waals surface area (Å²) < 4.78 is 5.11. The molecule has 4 nitrogen and oxygen atoms in total. The predicted octanol–water partition coefficient (Wildman–Crippen LogP) is 2.73. The van der Waals surface area contributed by atoms with Gasteiger partial charge in [-0.2, -0.15) is 5.26 Å². The van der Waals surface area contributed by atoms with Gasteiger partial charge in [0.05, 0.1) is 0 Å². The third-order valence-electron chi connectivity index (χ3n) is 2.57. The lowest BCUT2D eigenvalue weighted by Gasteiger charge is -2.03. The van der Waals surface area contributed by atoms with Crippen molar-refractivity contribution in [2.75, 3.05) is 0 Å². The lowest BCUT2D eigenvalue weighted by Crippen LogP contribution is -2.06. The number of nitrogens with zero attached hydrogens (tertiary/aromatic N) is 2. The van der Waals surface area contributed by atoms with Gasteiger partial charge < -0.3 is 4.74 Å². The van der Waals surface area contributed by atoms with E-state index < -0.39 is 5.97 Å². The summed E-state index contributed by atoms with van der Waals surface area (Å²) >= 11 is 0. The van der Waals surface area contributed by atoms with Crippen molar-refractivity contribution in [2.45, 2.75) is 6.61 Å². The summed E-state index contributed by atoms with van der Waals surface area (Å²) in [5, 5.41) is 9.02. The van der Waals surface area contributed by atoms with Crippen LogP contribution in [-0.4, -0.2) is 11.0 Å². The molecular formula is C16H12N2O2. The molecule has 0 spiro atoms. The fourth-order valence-electron chi connectivity index (χ4n) is 1.56. The first-order chi connectivity index (χ1) is 9.79. The van der Waals surface area contributed by atoms with Crippen molar-refractivity contribution < 1.29 is 9.53 Å². The first kappa shape index (κ1) is 13.5. The van der Waals surface area contributed by atoms with Crippen molar-refractivity contribution in [1.82, 2.24) is 4.98 Å². The summed E-state index contributed by atoms with van der Waals surface area (Å²) in [4.78, 5) is 15.7. The average Bonchev–Trinajstić information content (AvgIpc) is 2.52. The zero-order valence-electron chi connectivity index (χ0n) is 10.7. The molecule has 0 amide bonds. The van der Waals surface area contributed by atoms with Crippen molar-refractivity contribution in [2.24, 2.45) is 0 Å². The molecule has 2 aromatic rings. The fourth-order valence-corrected chi connectivity index (χ4v) is 1.56. The average molecular weight is 264 g/mol. The molecule has 2 rings (SSSR count).